The van der Waals surface area contributed by atoms with Crippen LogP contribution in [0, 0.1) is 61.2 Å². The fourth-order valence-corrected chi connectivity index (χ4v) is 13.8. The number of aryl methyl sites for hydroxylation is 3. The fourth-order valence-electron chi connectivity index (χ4n) is 8.99. The number of para-hydroxylation sites is 2. The smallest absolute Gasteiger partial charge is 0.872 e. The molecule has 0 heterocycles. The van der Waals surface area contributed by atoms with Gasteiger partial charge in [0.15, 0.2) is 0 Å². The van der Waals surface area contributed by atoms with E-state index in [4.69, 9.17) is 4.74 Å². The van der Waals surface area contributed by atoms with Crippen LogP contribution in [-0.2, 0) is 59.0 Å². The summed E-state index contributed by atoms with van der Waals surface area (Å²) in [6.45, 7) is 42.6. The zero-order chi connectivity index (χ0) is 58.1. The number of benzene rings is 5. The van der Waals surface area contributed by atoms with Gasteiger partial charge < -0.3 is 29.8 Å². The van der Waals surface area contributed by atoms with Crippen molar-refractivity contribution in [1.82, 2.24) is 4.90 Å². The zero-order valence-electron chi connectivity index (χ0n) is 52.2. The maximum atomic E-state index is 13.7. The van der Waals surface area contributed by atoms with Gasteiger partial charge in [-0.2, -0.15) is 0 Å². The first-order valence-corrected chi connectivity index (χ1v) is 33.6. The van der Waals surface area contributed by atoms with Crippen LogP contribution in [0.15, 0.2) is 101 Å². The van der Waals surface area contributed by atoms with Crippen LogP contribution >= 0.6 is 0 Å². The van der Waals surface area contributed by atoms with Gasteiger partial charge in [0.2, 0.25) is 0 Å². The number of nitrogens with zero attached hydrogens (tertiary/aromatic N) is 4. The molecule has 2 atom stereocenters. The van der Waals surface area contributed by atoms with E-state index < -0.39 is 17.9 Å². The van der Waals surface area contributed by atoms with E-state index in [0.29, 0.717) is 37.4 Å². The van der Waals surface area contributed by atoms with Gasteiger partial charge >= 0.3 is 59.9 Å². The number of aliphatic imine (C=N–C) groups is 2. The van der Waals surface area contributed by atoms with Crippen LogP contribution < -0.4 is 20.4 Å². The molecule has 79 heavy (non-hydrogen) atoms. The van der Waals surface area contributed by atoms with Gasteiger partial charge in [0, 0.05) is 39.2 Å². The van der Waals surface area contributed by atoms with Crippen molar-refractivity contribution in [2.75, 3.05) is 20.3 Å². The van der Waals surface area contributed by atoms with Crippen LogP contribution in [0.4, 0.5) is 0 Å². The van der Waals surface area contributed by atoms with Crippen LogP contribution in [0.25, 0.3) is 4.65 Å². The molecule has 0 N–H and O–H groups in total. The topological polar surface area (TPSA) is 144 Å². The SMILES string of the molecule is COCCN(Cc1cc(C(C)(C)C)cc(C(C)(C)C)c1[O-])Cc1cc(C(C)(C)C)cc(C(C)(C)C)c1[O-].C[SiH](C)[N-][SiH](C)C.Cc1cccc(C=N[C@H]2CCCC[C@@H]2N=Cc2cccc(C)c2[O-])c1[O-].Cc1ccccc1.[Sm+3].[Zn+2]. The summed E-state index contributed by atoms with van der Waals surface area (Å²) < 4.78 is 9.98. The van der Waals surface area contributed by atoms with Gasteiger partial charge in [0.05, 0.1) is 18.7 Å². The molecular formula is C66H97N4O5Si2SmZn. The summed E-state index contributed by atoms with van der Waals surface area (Å²) in [5.74, 6) is 0.263. The van der Waals surface area contributed by atoms with E-state index in [2.05, 4.69) is 172 Å². The van der Waals surface area contributed by atoms with E-state index in [1.54, 1.807) is 31.7 Å². The molecule has 0 aliphatic heterocycles. The van der Waals surface area contributed by atoms with E-state index in [0.717, 1.165) is 70.2 Å². The Labute approximate surface area is 528 Å². The van der Waals surface area contributed by atoms with Crippen molar-refractivity contribution < 1.29 is 85.0 Å². The third-order valence-corrected chi connectivity index (χ3v) is 18.4. The minimum absolute atomic E-state index is 0. The first kappa shape index (κ1) is 73.9. The predicted molar refractivity (Wildman–Crippen MR) is 327 cm³/mol. The molecule has 6 rings (SSSR count). The van der Waals surface area contributed by atoms with Gasteiger partial charge in [-0.05, 0) is 99.8 Å². The molecule has 5 aromatic rings. The minimum atomic E-state index is -0.542. The van der Waals surface area contributed by atoms with Gasteiger partial charge in [-0.3, -0.25) is 14.9 Å². The van der Waals surface area contributed by atoms with E-state index in [9.17, 15) is 20.4 Å². The van der Waals surface area contributed by atoms with Crippen LogP contribution in [-0.4, -0.2) is 67.6 Å². The number of rotatable bonds is 13. The average Bonchev–Trinajstić information content (AvgIpc) is 3.32. The molecule has 1 aliphatic carbocycles. The number of ether oxygens (including phenoxy) is 1. The summed E-state index contributed by atoms with van der Waals surface area (Å²) in [6.07, 6.45) is 7.53. The largest absolute Gasteiger partial charge is 3.00 e. The predicted octanol–water partition coefficient (Wildman–Crippen LogP) is 13.3. The number of methoxy groups -OCH3 is 1. The monoisotopic (exact) mass is 1300 g/mol. The Balaban J connectivity index is 0.000000637. The van der Waals surface area contributed by atoms with Crippen molar-refractivity contribution in [1.29, 1.82) is 0 Å². The normalized spacial score (nSPS) is 14.9. The first-order valence-electron chi connectivity index (χ1n) is 28.0. The quantitative estimate of drug-likeness (QED) is 0.0848. The molecule has 9 nitrogen and oxygen atoms in total. The van der Waals surface area contributed by atoms with Gasteiger partial charge in [-0.1, -0.05) is 259 Å². The molecule has 13 heteroatoms. The molecular weight excluding hydrogens is 1200 g/mol. The van der Waals surface area contributed by atoms with E-state index in [-0.39, 0.29) is 117 Å². The van der Waals surface area contributed by atoms with Crippen molar-refractivity contribution in [3.05, 3.63) is 157 Å². The summed E-state index contributed by atoms with van der Waals surface area (Å²) >= 11 is 0. The Morgan fingerprint density at radius 1 is 0.557 bits per heavy atom. The van der Waals surface area contributed by atoms with Crippen molar-refractivity contribution >= 4 is 30.3 Å². The zero-order valence-corrected chi connectivity index (χ0v) is 60.1. The van der Waals surface area contributed by atoms with E-state index in [1.165, 1.54) is 5.56 Å². The third-order valence-electron chi connectivity index (χ3n) is 13.6. The molecule has 1 fully saturated rings. The Morgan fingerprint density at radius 3 is 1.23 bits per heavy atom. The fraction of sp³-hybridized carbons (Fsp3) is 0.515. The molecule has 1 radical (unpaired) electrons. The summed E-state index contributed by atoms with van der Waals surface area (Å²) in [5.41, 5.74) is 8.93. The molecule has 5 aromatic carbocycles. The van der Waals surface area contributed by atoms with Crippen molar-refractivity contribution in [3.8, 4) is 23.0 Å². The second kappa shape index (κ2) is 33.9. The molecule has 0 bridgehead atoms. The molecule has 0 saturated heterocycles. The van der Waals surface area contributed by atoms with Gasteiger partial charge in [-0.25, -0.2) is 0 Å². The minimum Gasteiger partial charge on any atom is -0.872 e. The molecule has 0 amide bonds. The average molecular weight is 1300 g/mol. The van der Waals surface area contributed by atoms with Crippen molar-refractivity contribution in [2.45, 2.75) is 203 Å². The standard InChI is InChI=1S/C33H53NO3.C22H26N2O2.C7H8.C4H14NSi2.Sm.Zn/c1-30(2,3)24-16-22(28(35)26(18-24)32(7,8)9)20-34(14-15-37-13)21-23-17-25(31(4,5)6)19-27(29(23)36)33(10,11)12;1-15-7-5-9-17(21(15)25)13-23-19-11-3-4-12-20(19)24-14-18-10-6-8-16(2)22(18)26;1-7-5-3-2-4-6-7;1-6(2)5-7(3)4;;/h16-19,35-36H,14-15,20-21H2,1-13H3;5-10,13-14,19-20,25-26H,3-4,11-12H2,1-2H3;2-6H,1H3;6-7H,1-4H3;;/q;;;-1;+3;+2/p-4/t;19-,20-;;;;/m.0..../s1. The van der Waals surface area contributed by atoms with E-state index >= 15 is 0 Å². The van der Waals surface area contributed by atoms with Crippen LogP contribution in [0.2, 0.25) is 26.2 Å². The van der Waals surface area contributed by atoms with Crippen LogP contribution in [0.1, 0.15) is 170 Å². The summed E-state index contributed by atoms with van der Waals surface area (Å²) in [7, 11) is 0.603. The second-order valence-corrected chi connectivity index (χ2v) is 31.2. The molecule has 0 aromatic heterocycles. The molecule has 427 valence electrons. The molecule has 0 unspecified atom stereocenters. The summed E-state index contributed by atoms with van der Waals surface area (Å²) in [5, 5.41) is 51.6. The maximum absolute atomic E-state index is 13.7. The van der Waals surface area contributed by atoms with Crippen LogP contribution in [0.5, 0.6) is 23.0 Å². The van der Waals surface area contributed by atoms with Crippen molar-refractivity contribution in [3.63, 3.8) is 0 Å². The van der Waals surface area contributed by atoms with Crippen LogP contribution in [0.3, 0.4) is 0 Å². The van der Waals surface area contributed by atoms with Gasteiger partial charge in [0.25, 0.3) is 0 Å². The van der Waals surface area contributed by atoms with Gasteiger partial charge in [-0.15, -0.1) is 11.5 Å². The summed E-state index contributed by atoms with van der Waals surface area (Å²) in [4.78, 5) is 11.5. The number of hydrogen-bond acceptors (Lipinski definition) is 8. The van der Waals surface area contributed by atoms with Crippen molar-refractivity contribution in [2.24, 2.45) is 9.98 Å². The third kappa shape index (κ3) is 25.1. The Bertz CT molecular complexity index is 2510. The van der Waals surface area contributed by atoms with E-state index in [1.807, 2.05) is 56.3 Å². The second-order valence-electron chi connectivity index (χ2n) is 25.7. The Morgan fingerprint density at radius 2 is 0.937 bits per heavy atom. The summed E-state index contributed by atoms with van der Waals surface area (Å²) in [6, 6.07) is 29.7. The molecule has 0 spiro atoms. The Kier molecular flexibility index (Phi) is 31.7. The number of hydrogen-bond donors (Lipinski definition) is 0. The Hall–Kier alpha value is -3.09. The first-order chi connectivity index (χ1) is 35.7. The maximum Gasteiger partial charge on any atom is 3.00 e. The molecule has 1 aliphatic rings. The molecule has 1 saturated carbocycles. The van der Waals surface area contributed by atoms with Gasteiger partial charge in [0.1, 0.15) is 0 Å².